The van der Waals surface area contributed by atoms with Crippen LogP contribution >= 0.6 is 0 Å². The van der Waals surface area contributed by atoms with Crippen LogP contribution in [0.5, 0.6) is 5.75 Å². The molecule has 23 heavy (non-hydrogen) atoms. The summed E-state index contributed by atoms with van der Waals surface area (Å²) in [6.45, 7) is 2.51. The fourth-order valence-corrected chi connectivity index (χ4v) is 2.38. The molecule has 0 heterocycles. The Kier molecular flexibility index (Phi) is 6.18. The second-order valence-corrected chi connectivity index (χ2v) is 5.54. The molecule has 122 valence electrons. The largest absolute Gasteiger partial charge is 0.497 e. The first kappa shape index (κ1) is 17.0. The normalized spacial score (nSPS) is 11.8. The summed E-state index contributed by atoms with van der Waals surface area (Å²) in [6.07, 6.45) is 1.62. The number of methoxy groups -OCH3 is 1. The third-order valence-electron chi connectivity index (χ3n) is 3.76. The van der Waals surface area contributed by atoms with Crippen LogP contribution in [0.25, 0.3) is 11.1 Å². The average molecular weight is 312 g/mol. The second-order valence-electron chi connectivity index (χ2n) is 5.54. The molecule has 4 heteroatoms. The van der Waals surface area contributed by atoms with E-state index in [0.717, 1.165) is 28.9 Å². The summed E-state index contributed by atoms with van der Waals surface area (Å²) < 4.78 is 5.25. The van der Waals surface area contributed by atoms with Gasteiger partial charge in [0.05, 0.1) is 13.2 Å². The van der Waals surface area contributed by atoms with Crippen LogP contribution in [-0.4, -0.2) is 19.1 Å². The first-order chi connectivity index (χ1) is 11.1. The Labute approximate surface area is 137 Å². The summed E-state index contributed by atoms with van der Waals surface area (Å²) in [7, 11) is 1.66. The van der Waals surface area contributed by atoms with Gasteiger partial charge in [0.2, 0.25) is 5.91 Å². The Hall–Kier alpha value is -2.33. The van der Waals surface area contributed by atoms with Gasteiger partial charge in [-0.05, 0) is 35.2 Å². The summed E-state index contributed by atoms with van der Waals surface area (Å²) in [5.74, 6) is 0.743. The van der Waals surface area contributed by atoms with E-state index in [1.807, 2.05) is 55.5 Å². The van der Waals surface area contributed by atoms with Crippen molar-refractivity contribution in [1.82, 2.24) is 5.32 Å². The van der Waals surface area contributed by atoms with Gasteiger partial charge in [-0.25, -0.2) is 0 Å². The third-order valence-corrected chi connectivity index (χ3v) is 3.76. The van der Waals surface area contributed by atoms with Crippen molar-refractivity contribution in [3.05, 3.63) is 54.1 Å². The minimum atomic E-state index is -0.420. The fourth-order valence-electron chi connectivity index (χ4n) is 2.38. The topological polar surface area (TPSA) is 64.4 Å². The maximum atomic E-state index is 11.8. The molecule has 0 saturated carbocycles. The second kappa shape index (κ2) is 8.34. The number of nitrogens with two attached hydrogens (primary N) is 1. The van der Waals surface area contributed by atoms with Gasteiger partial charge in [-0.1, -0.05) is 49.7 Å². The van der Waals surface area contributed by atoms with Gasteiger partial charge >= 0.3 is 0 Å². The number of hydrogen-bond donors (Lipinski definition) is 2. The molecule has 2 aromatic carbocycles. The van der Waals surface area contributed by atoms with E-state index in [1.54, 1.807) is 7.11 Å². The molecule has 0 aliphatic heterocycles. The highest BCUT2D eigenvalue weighted by atomic mass is 16.5. The number of nitrogens with one attached hydrogen (secondary N) is 1. The number of amides is 1. The van der Waals surface area contributed by atoms with E-state index in [0.29, 0.717) is 13.0 Å². The van der Waals surface area contributed by atoms with Crippen molar-refractivity contribution in [3.63, 3.8) is 0 Å². The van der Waals surface area contributed by atoms with E-state index in [1.165, 1.54) is 0 Å². The molecule has 0 aromatic heterocycles. The van der Waals surface area contributed by atoms with Crippen molar-refractivity contribution in [2.24, 2.45) is 5.73 Å². The zero-order valence-corrected chi connectivity index (χ0v) is 13.7. The molecule has 1 atom stereocenters. The van der Waals surface area contributed by atoms with Crippen molar-refractivity contribution >= 4 is 5.91 Å². The molecule has 1 amide bonds. The van der Waals surface area contributed by atoms with Crippen LogP contribution in [0.4, 0.5) is 0 Å². The number of benzene rings is 2. The van der Waals surface area contributed by atoms with Crippen molar-refractivity contribution in [2.75, 3.05) is 7.11 Å². The molecule has 2 rings (SSSR count). The Balaban J connectivity index is 1.98. The summed E-state index contributed by atoms with van der Waals surface area (Å²) in [6, 6.07) is 15.6. The minimum absolute atomic E-state index is 0.0938. The summed E-state index contributed by atoms with van der Waals surface area (Å²) >= 11 is 0. The van der Waals surface area contributed by atoms with Crippen LogP contribution in [0.1, 0.15) is 25.3 Å². The SMILES string of the molecule is CCCC(N)C(=O)NCc1ccc(-c2cccc(OC)c2)cc1. The van der Waals surface area contributed by atoms with Gasteiger partial charge in [-0.3, -0.25) is 4.79 Å². The number of ether oxygens (including phenoxy) is 1. The number of rotatable bonds is 7. The summed E-state index contributed by atoms with van der Waals surface area (Å²) in [5.41, 5.74) is 9.06. The van der Waals surface area contributed by atoms with E-state index in [9.17, 15) is 4.79 Å². The van der Waals surface area contributed by atoms with E-state index in [4.69, 9.17) is 10.5 Å². The van der Waals surface area contributed by atoms with Crippen LogP contribution in [0, 0.1) is 0 Å². The van der Waals surface area contributed by atoms with Crippen LogP contribution < -0.4 is 15.8 Å². The van der Waals surface area contributed by atoms with Gasteiger partial charge in [0, 0.05) is 6.54 Å². The quantitative estimate of drug-likeness (QED) is 0.825. The third kappa shape index (κ3) is 4.83. The Morgan fingerprint density at radius 3 is 2.57 bits per heavy atom. The number of carbonyl (C=O) groups excluding carboxylic acids is 1. The van der Waals surface area contributed by atoms with E-state index in [-0.39, 0.29) is 5.91 Å². The van der Waals surface area contributed by atoms with Crippen molar-refractivity contribution in [1.29, 1.82) is 0 Å². The standard InChI is InChI=1S/C19H24N2O2/c1-3-5-18(20)19(22)21-13-14-8-10-15(11-9-14)16-6-4-7-17(12-16)23-2/h4,6-12,18H,3,5,13,20H2,1-2H3,(H,21,22). The molecule has 1 unspecified atom stereocenters. The predicted molar refractivity (Wildman–Crippen MR) is 93.2 cm³/mol. The lowest BCUT2D eigenvalue weighted by Crippen LogP contribution is -2.40. The number of hydrogen-bond acceptors (Lipinski definition) is 3. The molecule has 0 aliphatic rings. The molecule has 0 saturated heterocycles. The average Bonchev–Trinajstić information content (AvgIpc) is 2.60. The van der Waals surface area contributed by atoms with Gasteiger partial charge in [0.15, 0.2) is 0 Å². The van der Waals surface area contributed by atoms with Crippen LogP contribution in [-0.2, 0) is 11.3 Å². The summed E-state index contributed by atoms with van der Waals surface area (Å²) in [5, 5.41) is 2.88. The van der Waals surface area contributed by atoms with Gasteiger partial charge < -0.3 is 15.8 Å². The van der Waals surface area contributed by atoms with E-state index in [2.05, 4.69) is 5.32 Å². The zero-order chi connectivity index (χ0) is 16.7. The molecule has 0 aliphatic carbocycles. The highest BCUT2D eigenvalue weighted by molar-refractivity contribution is 5.81. The number of carbonyl (C=O) groups is 1. The molecule has 0 radical (unpaired) electrons. The minimum Gasteiger partial charge on any atom is -0.497 e. The van der Waals surface area contributed by atoms with Crippen LogP contribution in [0.3, 0.4) is 0 Å². The molecule has 2 aromatic rings. The highest BCUT2D eigenvalue weighted by Gasteiger charge is 2.11. The lowest BCUT2D eigenvalue weighted by molar-refractivity contribution is -0.122. The van der Waals surface area contributed by atoms with Gasteiger partial charge in [0.1, 0.15) is 5.75 Å². The van der Waals surface area contributed by atoms with Gasteiger partial charge in [0.25, 0.3) is 0 Å². The van der Waals surface area contributed by atoms with Crippen molar-refractivity contribution < 1.29 is 9.53 Å². The van der Waals surface area contributed by atoms with Crippen LogP contribution in [0.15, 0.2) is 48.5 Å². The van der Waals surface area contributed by atoms with Gasteiger partial charge in [-0.2, -0.15) is 0 Å². The lowest BCUT2D eigenvalue weighted by atomic mass is 10.0. The Morgan fingerprint density at radius 2 is 1.91 bits per heavy atom. The molecule has 0 spiro atoms. The maximum absolute atomic E-state index is 11.8. The maximum Gasteiger partial charge on any atom is 0.237 e. The zero-order valence-electron chi connectivity index (χ0n) is 13.7. The molecule has 4 nitrogen and oxygen atoms in total. The molecule has 0 bridgehead atoms. The molecule has 3 N–H and O–H groups in total. The monoisotopic (exact) mass is 312 g/mol. The molecular weight excluding hydrogens is 288 g/mol. The van der Waals surface area contributed by atoms with E-state index >= 15 is 0 Å². The van der Waals surface area contributed by atoms with Crippen molar-refractivity contribution in [3.8, 4) is 16.9 Å². The summed E-state index contributed by atoms with van der Waals surface area (Å²) in [4.78, 5) is 11.8. The molecular formula is C19H24N2O2. The van der Waals surface area contributed by atoms with Crippen LogP contribution in [0.2, 0.25) is 0 Å². The lowest BCUT2D eigenvalue weighted by Gasteiger charge is -2.11. The Morgan fingerprint density at radius 1 is 1.17 bits per heavy atom. The smallest absolute Gasteiger partial charge is 0.237 e. The van der Waals surface area contributed by atoms with E-state index < -0.39 is 6.04 Å². The fraction of sp³-hybridized carbons (Fsp3) is 0.316. The first-order valence-electron chi connectivity index (χ1n) is 7.90. The Bertz CT molecular complexity index is 638. The first-order valence-corrected chi connectivity index (χ1v) is 7.90. The van der Waals surface area contributed by atoms with Crippen molar-refractivity contribution in [2.45, 2.75) is 32.4 Å². The highest BCUT2D eigenvalue weighted by Crippen LogP contribution is 2.24. The molecule has 0 fully saturated rings. The predicted octanol–water partition coefficient (Wildman–Crippen LogP) is 3.11. The van der Waals surface area contributed by atoms with Gasteiger partial charge in [-0.15, -0.1) is 0 Å².